The first-order valence-electron chi connectivity index (χ1n) is 11.5. The molecule has 1 aromatic heterocycles. The van der Waals surface area contributed by atoms with Gasteiger partial charge in [0.05, 0.1) is 18.7 Å². The van der Waals surface area contributed by atoms with E-state index in [4.69, 9.17) is 4.74 Å². The Morgan fingerprint density at radius 2 is 1.79 bits per heavy atom. The van der Waals surface area contributed by atoms with Crippen LogP contribution in [0.4, 0.5) is 0 Å². The predicted molar refractivity (Wildman–Crippen MR) is 109 cm³/mol. The van der Waals surface area contributed by atoms with Crippen LogP contribution in [0.3, 0.4) is 0 Å². The van der Waals surface area contributed by atoms with Gasteiger partial charge in [-0.1, -0.05) is 30.3 Å². The molecule has 7 heteroatoms. The van der Waals surface area contributed by atoms with Gasteiger partial charge in [0.15, 0.2) is 6.04 Å². The summed E-state index contributed by atoms with van der Waals surface area (Å²) in [6.07, 6.45) is 8.18. The van der Waals surface area contributed by atoms with Crippen molar-refractivity contribution in [1.82, 2.24) is 20.2 Å². The first kappa shape index (κ1) is 19.2. The smallest absolute Gasteiger partial charge is 0.214 e. The summed E-state index contributed by atoms with van der Waals surface area (Å²) in [5.74, 6) is 0.992. The molecule has 0 unspecified atom stereocenters. The molecule has 2 aliphatic heterocycles. The van der Waals surface area contributed by atoms with Crippen molar-refractivity contribution in [3.8, 4) is 0 Å². The number of quaternary nitrogens is 2. The van der Waals surface area contributed by atoms with E-state index in [1.54, 1.807) is 4.90 Å². The fourth-order valence-electron chi connectivity index (χ4n) is 5.67. The highest BCUT2D eigenvalue weighted by molar-refractivity contribution is 5.22. The molecular weight excluding hydrogens is 364 g/mol. The van der Waals surface area contributed by atoms with Gasteiger partial charge in [-0.15, -0.1) is 5.10 Å². The maximum Gasteiger partial charge on any atom is 0.214 e. The number of tetrazole rings is 1. The molecule has 7 nitrogen and oxygen atoms in total. The summed E-state index contributed by atoms with van der Waals surface area (Å²) in [7, 11) is 0. The molecule has 1 aliphatic carbocycles. The second kappa shape index (κ2) is 8.90. The van der Waals surface area contributed by atoms with Crippen molar-refractivity contribution in [2.24, 2.45) is 0 Å². The molecule has 2 atom stereocenters. The van der Waals surface area contributed by atoms with E-state index in [0.29, 0.717) is 0 Å². The molecule has 1 saturated carbocycles. The number of nitrogens with one attached hydrogen (secondary N) is 2. The van der Waals surface area contributed by atoms with E-state index in [9.17, 15) is 0 Å². The minimum Gasteiger partial charge on any atom is -0.376 e. The number of hydrogen-bond donors (Lipinski definition) is 2. The summed E-state index contributed by atoms with van der Waals surface area (Å²) in [5, 5.41) is 13.0. The van der Waals surface area contributed by atoms with E-state index in [2.05, 4.69) is 45.9 Å². The van der Waals surface area contributed by atoms with Crippen molar-refractivity contribution in [1.29, 1.82) is 0 Å². The number of piperazine rings is 1. The molecule has 29 heavy (non-hydrogen) atoms. The van der Waals surface area contributed by atoms with Crippen LogP contribution < -0.4 is 9.80 Å². The van der Waals surface area contributed by atoms with Crippen molar-refractivity contribution < 1.29 is 14.5 Å². The normalized spacial score (nSPS) is 29.3. The highest BCUT2D eigenvalue weighted by Gasteiger charge is 2.38. The molecule has 2 aromatic rings. The second-order valence-corrected chi connectivity index (χ2v) is 9.00. The maximum absolute atomic E-state index is 5.86. The predicted octanol–water partition coefficient (Wildman–Crippen LogP) is -0.332. The van der Waals surface area contributed by atoms with Crippen LogP contribution in [-0.4, -0.2) is 65.1 Å². The Labute approximate surface area is 173 Å². The van der Waals surface area contributed by atoms with Crippen LogP contribution in [0.2, 0.25) is 0 Å². The summed E-state index contributed by atoms with van der Waals surface area (Å²) < 4.78 is 7.87. The zero-order valence-corrected chi connectivity index (χ0v) is 17.3. The topological polar surface area (TPSA) is 61.7 Å². The van der Waals surface area contributed by atoms with Gasteiger partial charge in [0, 0.05) is 12.2 Å². The Bertz CT molecular complexity index is 761. The minimum atomic E-state index is 0.192. The van der Waals surface area contributed by atoms with Gasteiger partial charge in [-0.25, -0.2) is 4.68 Å². The molecule has 3 heterocycles. The molecular formula is C22H34N6O+2. The van der Waals surface area contributed by atoms with Gasteiger partial charge in [0.2, 0.25) is 5.82 Å². The Kier molecular flexibility index (Phi) is 5.88. The van der Waals surface area contributed by atoms with Crippen LogP contribution in [0, 0.1) is 0 Å². The lowest BCUT2D eigenvalue weighted by Gasteiger charge is -2.36. The van der Waals surface area contributed by atoms with Gasteiger partial charge in [-0.05, 0) is 49.0 Å². The molecule has 3 fully saturated rings. The third-order valence-corrected chi connectivity index (χ3v) is 7.23. The van der Waals surface area contributed by atoms with Crippen LogP contribution in [0.5, 0.6) is 0 Å². The van der Waals surface area contributed by atoms with E-state index in [0.717, 1.165) is 37.9 Å². The fraction of sp³-hybridized carbons (Fsp3) is 0.682. The van der Waals surface area contributed by atoms with Crippen molar-refractivity contribution >= 4 is 0 Å². The van der Waals surface area contributed by atoms with Crippen molar-refractivity contribution in [3.05, 3.63) is 41.7 Å². The van der Waals surface area contributed by atoms with Crippen LogP contribution in [0.25, 0.3) is 0 Å². The highest BCUT2D eigenvalue weighted by Crippen LogP contribution is 2.20. The second-order valence-electron chi connectivity index (χ2n) is 9.00. The van der Waals surface area contributed by atoms with Crippen LogP contribution in [0.15, 0.2) is 30.3 Å². The summed E-state index contributed by atoms with van der Waals surface area (Å²) >= 11 is 0. The SMILES string of the molecule is c1ccc([C@@H](c2nnnn2C[C@H]2CCCO2)[NH+]2CC[NH+](C3CCCC3)CC2)cc1. The highest BCUT2D eigenvalue weighted by atomic mass is 16.5. The molecule has 0 radical (unpaired) electrons. The monoisotopic (exact) mass is 398 g/mol. The van der Waals surface area contributed by atoms with Gasteiger partial charge in [-0.3, -0.25) is 0 Å². The molecule has 156 valence electrons. The number of ether oxygens (including phenoxy) is 1. The Morgan fingerprint density at radius 3 is 2.52 bits per heavy atom. The molecule has 1 aromatic carbocycles. The number of aromatic nitrogens is 4. The summed E-state index contributed by atoms with van der Waals surface area (Å²) in [6, 6.07) is 11.9. The lowest BCUT2D eigenvalue weighted by molar-refractivity contribution is -1.03. The third kappa shape index (κ3) is 4.22. The lowest BCUT2D eigenvalue weighted by Crippen LogP contribution is -3.29. The lowest BCUT2D eigenvalue weighted by atomic mass is 10.0. The van der Waals surface area contributed by atoms with Gasteiger partial charge in [0.1, 0.15) is 26.2 Å². The van der Waals surface area contributed by atoms with Gasteiger partial charge < -0.3 is 14.5 Å². The van der Waals surface area contributed by atoms with E-state index in [1.807, 2.05) is 9.58 Å². The molecule has 5 rings (SSSR count). The first-order valence-corrected chi connectivity index (χ1v) is 11.5. The molecule has 2 N–H and O–H groups in total. The van der Waals surface area contributed by atoms with E-state index < -0.39 is 0 Å². The third-order valence-electron chi connectivity index (χ3n) is 7.23. The van der Waals surface area contributed by atoms with Crippen LogP contribution in [0.1, 0.15) is 56.0 Å². The van der Waals surface area contributed by atoms with Crippen LogP contribution in [-0.2, 0) is 11.3 Å². The van der Waals surface area contributed by atoms with E-state index >= 15 is 0 Å². The Hall–Kier alpha value is -1.83. The van der Waals surface area contributed by atoms with Crippen molar-refractivity contribution in [2.75, 3.05) is 32.8 Å². The first-order chi connectivity index (χ1) is 14.4. The van der Waals surface area contributed by atoms with E-state index in [-0.39, 0.29) is 12.1 Å². The molecule has 0 amide bonds. The van der Waals surface area contributed by atoms with Crippen LogP contribution >= 0.6 is 0 Å². The zero-order valence-electron chi connectivity index (χ0n) is 17.3. The quantitative estimate of drug-likeness (QED) is 0.700. The zero-order chi connectivity index (χ0) is 19.5. The fourth-order valence-corrected chi connectivity index (χ4v) is 5.67. The summed E-state index contributed by atoms with van der Waals surface area (Å²) in [6.45, 7) is 6.50. The largest absolute Gasteiger partial charge is 0.376 e. The number of hydrogen-bond acceptors (Lipinski definition) is 4. The summed E-state index contributed by atoms with van der Waals surface area (Å²) in [4.78, 5) is 3.43. The Balaban J connectivity index is 1.36. The molecule has 2 saturated heterocycles. The van der Waals surface area contributed by atoms with E-state index in [1.165, 1.54) is 57.4 Å². The standard InChI is InChI=1S/C22H32N6O/c1-2-7-18(8-3-1)21(22-23-24-25-28(22)17-20-11-6-16-29-20)27-14-12-26(13-15-27)19-9-4-5-10-19/h1-3,7-8,19-21H,4-6,9-17H2/p+2/t20-,21+/m1/s1. The van der Waals surface area contributed by atoms with Gasteiger partial charge in [-0.2, -0.15) is 0 Å². The maximum atomic E-state index is 5.86. The summed E-state index contributed by atoms with van der Waals surface area (Å²) in [5.41, 5.74) is 1.32. The number of nitrogens with zero attached hydrogens (tertiary/aromatic N) is 4. The molecule has 0 bridgehead atoms. The van der Waals surface area contributed by atoms with Crippen molar-refractivity contribution in [3.63, 3.8) is 0 Å². The van der Waals surface area contributed by atoms with Gasteiger partial charge >= 0.3 is 0 Å². The number of rotatable bonds is 6. The van der Waals surface area contributed by atoms with Gasteiger partial charge in [0.25, 0.3) is 0 Å². The minimum absolute atomic E-state index is 0.192. The average molecular weight is 399 g/mol. The number of benzene rings is 1. The van der Waals surface area contributed by atoms with Crippen molar-refractivity contribution in [2.45, 2.75) is 63.3 Å². The molecule has 3 aliphatic rings. The Morgan fingerprint density at radius 1 is 1.00 bits per heavy atom. The molecule has 0 spiro atoms. The average Bonchev–Trinajstić information content (AvgIpc) is 3.54.